The summed E-state index contributed by atoms with van der Waals surface area (Å²) < 4.78 is 10.3. The summed E-state index contributed by atoms with van der Waals surface area (Å²) >= 11 is 0. The molecule has 29 heavy (non-hydrogen) atoms. The fraction of sp³-hybridized carbons (Fsp3) is 0.381. The summed E-state index contributed by atoms with van der Waals surface area (Å²) in [6.07, 6.45) is 1.51. The van der Waals surface area contributed by atoms with E-state index in [0.717, 1.165) is 32.7 Å². The molecule has 2 aliphatic heterocycles. The van der Waals surface area contributed by atoms with Gasteiger partial charge in [0.1, 0.15) is 11.8 Å². The maximum atomic E-state index is 12.7. The second-order valence-corrected chi connectivity index (χ2v) is 7.15. The zero-order chi connectivity index (χ0) is 20.2. The van der Waals surface area contributed by atoms with Crippen LogP contribution in [0.3, 0.4) is 0 Å². The molecular formula is C21H24N4O4. The highest BCUT2D eigenvalue weighted by atomic mass is 16.5. The summed E-state index contributed by atoms with van der Waals surface area (Å²) in [5, 5.41) is 2.78. The predicted octanol–water partition coefficient (Wildman–Crippen LogP) is 1.41. The number of amides is 1. The molecule has 1 aromatic carbocycles. The second-order valence-electron chi connectivity index (χ2n) is 7.15. The van der Waals surface area contributed by atoms with Crippen molar-refractivity contribution in [2.45, 2.75) is 12.6 Å². The summed E-state index contributed by atoms with van der Waals surface area (Å²) in [6.45, 7) is 4.08. The van der Waals surface area contributed by atoms with Crippen LogP contribution in [0.5, 0.6) is 0 Å². The van der Waals surface area contributed by atoms with Crippen LogP contribution in [0.15, 0.2) is 58.1 Å². The molecule has 2 aliphatic rings. The fourth-order valence-corrected chi connectivity index (χ4v) is 3.74. The van der Waals surface area contributed by atoms with Crippen molar-refractivity contribution in [1.82, 2.24) is 15.1 Å². The zero-order valence-electron chi connectivity index (χ0n) is 16.3. The molecule has 0 aliphatic carbocycles. The molecule has 2 aromatic rings. The van der Waals surface area contributed by atoms with Gasteiger partial charge in [-0.1, -0.05) is 30.3 Å². The first-order chi connectivity index (χ1) is 14.2. The van der Waals surface area contributed by atoms with Crippen molar-refractivity contribution in [1.29, 1.82) is 0 Å². The fourth-order valence-electron chi connectivity index (χ4n) is 3.74. The van der Waals surface area contributed by atoms with Gasteiger partial charge in [0.05, 0.1) is 13.4 Å². The predicted molar refractivity (Wildman–Crippen MR) is 106 cm³/mol. The van der Waals surface area contributed by atoms with Crippen molar-refractivity contribution in [3.8, 4) is 0 Å². The Morgan fingerprint density at radius 1 is 1.17 bits per heavy atom. The number of benzene rings is 1. The van der Waals surface area contributed by atoms with Crippen LogP contribution in [0.1, 0.15) is 17.4 Å². The van der Waals surface area contributed by atoms with Crippen LogP contribution >= 0.6 is 0 Å². The first-order valence-corrected chi connectivity index (χ1v) is 9.67. The molecule has 8 nitrogen and oxygen atoms in total. The Morgan fingerprint density at radius 2 is 1.93 bits per heavy atom. The Bertz CT molecular complexity index is 873. The van der Waals surface area contributed by atoms with Crippen LogP contribution in [0.2, 0.25) is 0 Å². The molecule has 4 rings (SSSR count). The van der Waals surface area contributed by atoms with Gasteiger partial charge in [0.2, 0.25) is 11.9 Å². The van der Waals surface area contributed by atoms with Gasteiger partial charge in [0.15, 0.2) is 5.92 Å². The van der Waals surface area contributed by atoms with E-state index >= 15 is 0 Å². The molecule has 1 amide bonds. The number of carbonyl (C=O) groups excluding carboxylic acids is 2. The molecule has 0 radical (unpaired) electrons. The van der Waals surface area contributed by atoms with E-state index < -0.39 is 23.8 Å². The smallest absolute Gasteiger partial charge is 0.320 e. The number of hydrogen-bond donors (Lipinski definition) is 1. The summed E-state index contributed by atoms with van der Waals surface area (Å²) in [5.74, 6) is -1.16. The van der Waals surface area contributed by atoms with Gasteiger partial charge in [-0.3, -0.25) is 19.8 Å². The van der Waals surface area contributed by atoms with Crippen LogP contribution in [-0.2, 0) is 20.9 Å². The lowest BCUT2D eigenvalue weighted by Gasteiger charge is -2.38. The summed E-state index contributed by atoms with van der Waals surface area (Å²) in [4.78, 5) is 33.9. The molecule has 1 aromatic heterocycles. The Hall–Kier alpha value is -3.13. The highest BCUT2D eigenvalue weighted by molar-refractivity contribution is 6.08. The summed E-state index contributed by atoms with van der Waals surface area (Å²) in [6, 6.07) is 13.1. The molecule has 8 heteroatoms. The number of methoxy groups -OCH3 is 1. The Balaban J connectivity index is 1.47. The number of piperazine rings is 1. The molecule has 1 N–H and O–H groups in total. The number of rotatable bonds is 4. The van der Waals surface area contributed by atoms with Crippen molar-refractivity contribution in [2.24, 2.45) is 10.9 Å². The molecule has 152 valence electrons. The van der Waals surface area contributed by atoms with E-state index in [1.165, 1.54) is 18.9 Å². The molecule has 0 spiro atoms. The number of carbonyl (C=O) groups is 2. The van der Waals surface area contributed by atoms with Gasteiger partial charge in [0.25, 0.3) is 0 Å². The Morgan fingerprint density at radius 3 is 2.59 bits per heavy atom. The van der Waals surface area contributed by atoms with Crippen molar-refractivity contribution < 1.29 is 18.7 Å². The van der Waals surface area contributed by atoms with E-state index in [0.29, 0.717) is 11.7 Å². The Labute approximate surface area is 169 Å². The van der Waals surface area contributed by atoms with Gasteiger partial charge >= 0.3 is 5.97 Å². The van der Waals surface area contributed by atoms with E-state index in [4.69, 9.17) is 9.15 Å². The van der Waals surface area contributed by atoms with Crippen molar-refractivity contribution in [2.75, 3.05) is 33.3 Å². The minimum atomic E-state index is -1.06. The molecule has 0 saturated carbocycles. The number of guanidine groups is 1. The first kappa shape index (κ1) is 19.2. The van der Waals surface area contributed by atoms with Crippen molar-refractivity contribution >= 4 is 17.8 Å². The van der Waals surface area contributed by atoms with Gasteiger partial charge in [-0.15, -0.1) is 0 Å². The SMILES string of the molecule is COC(=O)[C@H]1C(=O)NC(N2CCN(Cc3ccccc3)CC2)=N[C@H]1c1ccco1. The molecule has 0 unspecified atom stereocenters. The normalized spacial score (nSPS) is 22.7. The molecule has 1 fully saturated rings. The lowest BCUT2D eigenvalue weighted by Crippen LogP contribution is -2.57. The average Bonchev–Trinajstić information content (AvgIpc) is 3.29. The minimum absolute atomic E-state index is 0.421. The lowest BCUT2D eigenvalue weighted by atomic mass is 9.95. The number of esters is 1. The topological polar surface area (TPSA) is 87.4 Å². The third-order valence-corrected chi connectivity index (χ3v) is 5.31. The maximum absolute atomic E-state index is 12.7. The van der Waals surface area contributed by atoms with Crippen LogP contribution in [0.4, 0.5) is 0 Å². The van der Waals surface area contributed by atoms with E-state index in [2.05, 4.69) is 27.3 Å². The van der Waals surface area contributed by atoms with Crippen molar-refractivity contribution in [3.63, 3.8) is 0 Å². The van der Waals surface area contributed by atoms with Crippen LogP contribution < -0.4 is 5.32 Å². The maximum Gasteiger partial charge on any atom is 0.320 e. The molecule has 2 atom stereocenters. The monoisotopic (exact) mass is 396 g/mol. The number of nitrogens with zero attached hydrogens (tertiary/aromatic N) is 3. The summed E-state index contributed by atoms with van der Waals surface area (Å²) in [7, 11) is 1.26. The zero-order valence-corrected chi connectivity index (χ0v) is 16.3. The summed E-state index contributed by atoms with van der Waals surface area (Å²) in [5.41, 5.74) is 1.28. The van der Waals surface area contributed by atoms with Crippen molar-refractivity contribution in [3.05, 3.63) is 60.1 Å². The van der Waals surface area contributed by atoms with E-state index in [1.54, 1.807) is 12.1 Å². The number of aliphatic imine (C=N–C) groups is 1. The average molecular weight is 396 g/mol. The lowest BCUT2D eigenvalue weighted by molar-refractivity contribution is -0.151. The highest BCUT2D eigenvalue weighted by Crippen LogP contribution is 2.31. The van der Waals surface area contributed by atoms with Crippen LogP contribution in [0.25, 0.3) is 0 Å². The third kappa shape index (κ3) is 4.17. The van der Waals surface area contributed by atoms with Gasteiger partial charge in [-0.05, 0) is 17.7 Å². The quantitative estimate of drug-likeness (QED) is 0.621. The van der Waals surface area contributed by atoms with Gasteiger partial charge in [-0.25, -0.2) is 4.99 Å². The molecule has 3 heterocycles. The molecular weight excluding hydrogens is 372 g/mol. The van der Waals surface area contributed by atoms with Gasteiger partial charge in [0, 0.05) is 32.7 Å². The van der Waals surface area contributed by atoms with Gasteiger partial charge < -0.3 is 14.1 Å². The number of furan rings is 1. The number of nitrogens with one attached hydrogen (secondary N) is 1. The first-order valence-electron chi connectivity index (χ1n) is 9.67. The minimum Gasteiger partial charge on any atom is -0.468 e. The standard InChI is InChI=1S/C21H24N4O4/c1-28-20(27)17-18(16-8-5-13-29-16)22-21(23-19(17)26)25-11-9-24(10-12-25)14-15-6-3-2-4-7-15/h2-8,13,17-18H,9-12,14H2,1H3,(H,22,23,26)/t17-,18+/m1/s1. The van der Waals surface area contributed by atoms with E-state index in [-0.39, 0.29) is 0 Å². The van der Waals surface area contributed by atoms with E-state index in [9.17, 15) is 9.59 Å². The van der Waals surface area contributed by atoms with Crippen LogP contribution in [0, 0.1) is 5.92 Å². The number of hydrogen-bond acceptors (Lipinski definition) is 7. The Kier molecular flexibility index (Phi) is 5.62. The molecule has 1 saturated heterocycles. The largest absolute Gasteiger partial charge is 0.468 e. The van der Waals surface area contributed by atoms with Crippen LogP contribution in [-0.4, -0.2) is 60.9 Å². The number of ether oxygens (including phenoxy) is 1. The molecule has 0 bridgehead atoms. The van der Waals surface area contributed by atoms with E-state index in [1.807, 2.05) is 23.1 Å². The second kappa shape index (κ2) is 8.48. The van der Waals surface area contributed by atoms with Gasteiger partial charge in [-0.2, -0.15) is 0 Å². The third-order valence-electron chi connectivity index (χ3n) is 5.31. The highest BCUT2D eigenvalue weighted by Gasteiger charge is 2.43.